The fraction of sp³-hybridized carbons (Fsp3) is 0.409. The van der Waals surface area contributed by atoms with E-state index in [0.29, 0.717) is 35.6 Å². The minimum Gasteiger partial charge on any atom is -0.493 e. The Morgan fingerprint density at radius 2 is 1.48 bits per heavy atom. The lowest BCUT2D eigenvalue weighted by Gasteiger charge is -2.30. The Kier molecular flexibility index (Phi) is 5.92. The summed E-state index contributed by atoms with van der Waals surface area (Å²) in [6.45, 7) is 3.70. The van der Waals surface area contributed by atoms with Crippen LogP contribution in [0.2, 0.25) is 0 Å². The molecule has 2 aromatic carbocycles. The summed E-state index contributed by atoms with van der Waals surface area (Å²) in [6, 6.07) is 6.57. The number of carbonyl (C=O) groups excluding carboxylic acids is 1. The highest BCUT2D eigenvalue weighted by atomic mass is 32.2. The molecule has 178 valence electrons. The molecule has 0 radical (unpaired) electrons. The molecule has 2 heterocycles. The summed E-state index contributed by atoms with van der Waals surface area (Å²) in [5.41, 5.74) is 2.78. The van der Waals surface area contributed by atoms with Crippen LogP contribution in [0.15, 0.2) is 29.2 Å². The van der Waals surface area contributed by atoms with Gasteiger partial charge >= 0.3 is 0 Å². The zero-order valence-electron chi connectivity index (χ0n) is 18.9. The lowest BCUT2D eigenvalue weighted by Crippen LogP contribution is -2.37. The number of hydrogen-bond acceptors (Lipinski definition) is 7. The maximum absolute atomic E-state index is 13.6. The van der Waals surface area contributed by atoms with Gasteiger partial charge in [-0.05, 0) is 66.8 Å². The number of sulfonamides is 2. The molecule has 2 aliphatic heterocycles. The van der Waals surface area contributed by atoms with Crippen molar-refractivity contribution in [2.45, 2.75) is 38.1 Å². The minimum atomic E-state index is -3.88. The molecule has 11 heteroatoms. The highest BCUT2D eigenvalue weighted by molar-refractivity contribution is 7.94. The number of aryl methyl sites for hydroxylation is 2. The number of amides is 1. The molecule has 0 bridgehead atoms. The molecular formula is C22H26N2O7S2. The molecule has 9 nitrogen and oxygen atoms in total. The SMILES string of the molecule is COc1cc2c(cc1OC)CN(S(=O)(=O)c1c(C)cc(N3C(=O)CCS3(=O)=O)cc1C)CC2. The van der Waals surface area contributed by atoms with Crippen LogP contribution in [-0.2, 0) is 37.8 Å². The van der Waals surface area contributed by atoms with Crippen molar-refractivity contribution in [3.8, 4) is 11.5 Å². The third kappa shape index (κ3) is 3.98. The predicted molar refractivity (Wildman–Crippen MR) is 123 cm³/mol. The molecule has 0 spiro atoms. The van der Waals surface area contributed by atoms with Crippen LogP contribution in [0.1, 0.15) is 28.7 Å². The van der Waals surface area contributed by atoms with E-state index in [1.165, 1.54) is 23.5 Å². The summed E-state index contributed by atoms with van der Waals surface area (Å²) in [7, 11) is -4.53. The zero-order chi connectivity index (χ0) is 24.1. The number of benzene rings is 2. The summed E-state index contributed by atoms with van der Waals surface area (Å²) in [5.74, 6) is 0.372. The van der Waals surface area contributed by atoms with E-state index in [1.54, 1.807) is 27.0 Å². The monoisotopic (exact) mass is 494 g/mol. The van der Waals surface area contributed by atoms with Crippen LogP contribution >= 0.6 is 0 Å². The largest absolute Gasteiger partial charge is 0.493 e. The molecule has 2 aromatic rings. The van der Waals surface area contributed by atoms with Gasteiger partial charge < -0.3 is 9.47 Å². The smallest absolute Gasteiger partial charge is 0.243 e. The summed E-state index contributed by atoms with van der Waals surface area (Å²) in [4.78, 5) is 12.3. The van der Waals surface area contributed by atoms with E-state index in [9.17, 15) is 21.6 Å². The second-order valence-electron chi connectivity index (χ2n) is 8.20. The average Bonchev–Trinajstić information content (AvgIpc) is 3.03. The van der Waals surface area contributed by atoms with Gasteiger partial charge in [-0.3, -0.25) is 4.79 Å². The quantitative estimate of drug-likeness (QED) is 0.626. The Labute approximate surface area is 194 Å². The first kappa shape index (κ1) is 23.5. The van der Waals surface area contributed by atoms with Gasteiger partial charge in [0, 0.05) is 19.5 Å². The lowest BCUT2D eigenvalue weighted by atomic mass is 10.0. The summed E-state index contributed by atoms with van der Waals surface area (Å²) >= 11 is 0. The van der Waals surface area contributed by atoms with Crippen LogP contribution in [0.4, 0.5) is 5.69 Å². The third-order valence-corrected chi connectivity index (χ3v) is 9.88. The molecule has 2 aliphatic rings. The van der Waals surface area contributed by atoms with Crippen molar-refractivity contribution in [2.75, 3.05) is 30.8 Å². The number of nitrogens with zero attached hydrogens (tertiary/aromatic N) is 2. The maximum Gasteiger partial charge on any atom is 0.243 e. The van der Waals surface area contributed by atoms with Crippen molar-refractivity contribution in [3.05, 3.63) is 46.5 Å². The molecule has 0 aliphatic carbocycles. The number of rotatable bonds is 5. The first-order valence-electron chi connectivity index (χ1n) is 10.4. The topological polar surface area (TPSA) is 110 Å². The Bertz CT molecular complexity index is 1330. The minimum absolute atomic E-state index is 0.0814. The Balaban J connectivity index is 1.71. The lowest BCUT2D eigenvalue weighted by molar-refractivity contribution is -0.116. The van der Waals surface area contributed by atoms with Crippen molar-refractivity contribution >= 4 is 31.6 Å². The number of methoxy groups -OCH3 is 2. The first-order chi connectivity index (χ1) is 15.5. The van der Waals surface area contributed by atoms with E-state index in [4.69, 9.17) is 9.47 Å². The van der Waals surface area contributed by atoms with E-state index < -0.39 is 26.0 Å². The Hall–Kier alpha value is -2.63. The van der Waals surface area contributed by atoms with E-state index in [1.807, 2.05) is 6.07 Å². The fourth-order valence-electron chi connectivity index (χ4n) is 4.51. The molecule has 1 fully saturated rings. The molecule has 0 saturated carbocycles. The van der Waals surface area contributed by atoms with E-state index >= 15 is 0 Å². The van der Waals surface area contributed by atoms with Gasteiger partial charge in [0.05, 0.1) is 30.6 Å². The molecule has 4 rings (SSSR count). The van der Waals surface area contributed by atoms with Crippen molar-refractivity contribution in [1.82, 2.24) is 4.31 Å². The van der Waals surface area contributed by atoms with E-state index in [0.717, 1.165) is 15.4 Å². The van der Waals surface area contributed by atoms with Crippen LogP contribution < -0.4 is 13.8 Å². The van der Waals surface area contributed by atoms with Gasteiger partial charge in [0.2, 0.25) is 26.0 Å². The van der Waals surface area contributed by atoms with Crippen LogP contribution in [0.5, 0.6) is 11.5 Å². The van der Waals surface area contributed by atoms with Crippen LogP contribution in [0.25, 0.3) is 0 Å². The average molecular weight is 495 g/mol. The van der Waals surface area contributed by atoms with Crippen molar-refractivity contribution < 1.29 is 31.1 Å². The van der Waals surface area contributed by atoms with E-state index in [2.05, 4.69) is 0 Å². The maximum atomic E-state index is 13.6. The molecule has 0 atom stereocenters. The molecule has 0 aromatic heterocycles. The molecule has 33 heavy (non-hydrogen) atoms. The number of carbonyl (C=O) groups is 1. The van der Waals surface area contributed by atoms with Crippen molar-refractivity contribution in [1.29, 1.82) is 0 Å². The van der Waals surface area contributed by atoms with Gasteiger partial charge in [-0.1, -0.05) is 0 Å². The zero-order valence-corrected chi connectivity index (χ0v) is 20.5. The number of anilines is 1. The fourth-order valence-corrected chi connectivity index (χ4v) is 7.79. The Morgan fingerprint density at radius 3 is 2.00 bits per heavy atom. The highest BCUT2D eigenvalue weighted by Crippen LogP contribution is 2.37. The summed E-state index contributed by atoms with van der Waals surface area (Å²) in [5, 5.41) is 0. The molecule has 1 amide bonds. The normalized spacial score (nSPS) is 18.3. The van der Waals surface area contributed by atoms with Crippen molar-refractivity contribution in [2.24, 2.45) is 0 Å². The van der Waals surface area contributed by atoms with Gasteiger partial charge in [0.25, 0.3) is 0 Å². The predicted octanol–water partition coefficient (Wildman–Crippen LogP) is 2.13. The van der Waals surface area contributed by atoms with Crippen LogP contribution in [-0.4, -0.2) is 53.6 Å². The van der Waals surface area contributed by atoms with Crippen LogP contribution in [0.3, 0.4) is 0 Å². The number of ether oxygens (including phenoxy) is 2. The number of hydrogen-bond donors (Lipinski definition) is 0. The van der Waals surface area contributed by atoms with Gasteiger partial charge in [-0.2, -0.15) is 4.31 Å². The summed E-state index contributed by atoms with van der Waals surface area (Å²) < 4.78 is 64.7. The Morgan fingerprint density at radius 1 is 0.909 bits per heavy atom. The molecular weight excluding hydrogens is 468 g/mol. The second-order valence-corrected chi connectivity index (χ2v) is 12.0. The molecule has 1 saturated heterocycles. The third-order valence-electron chi connectivity index (χ3n) is 6.04. The molecule has 0 N–H and O–H groups in total. The standard InChI is InChI=1S/C22H26N2O7S2/c1-14-9-18(24-21(25)6-8-32(24,26)27)10-15(2)22(14)33(28,29)23-7-5-16-11-19(30-3)20(31-4)12-17(16)13-23/h9-12H,5-8,13H2,1-4H3. The molecule has 0 unspecified atom stereocenters. The first-order valence-corrected chi connectivity index (χ1v) is 13.5. The van der Waals surface area contributed by atoms with Gasteiger partial charge in [-0.25, -0.2) is 21.1 Å². The van der Waals surface area contributed by atoms with Crippen molar-refractivity contribution in [3.63, 3.8) is 0 Å². The summed E-state index contributed by atoms with van der Waals surface area (Å²) in [6.07, 6.45) is 0.438. The van der Waals surface area contributed by atoms with Gasteiger partial charge in [0.15, 0.2) is 11.5 Å². The highest BCUT2D eigenvalue weighted by Gasteiger charge is 2.38. The second kappa shape index (κ2) is 8.30. The number of fused-ring (bicyclic) bond motifs is 1. The van der Waals surface area contributed by atoms with Crippen LogP contribution in [0, 0.1) is 13.8 Å². The van der Waals surface area contributed by atoms with Gasteiger partial charge in [0.1, 0.15) is 0 Å². The van der Waals surface area contributed by atoms with Gasteiger partial charge in [-0.15, -0.1) is 0 Å². The van der Waals surface area contributed by atoms with E-state index in [-0.39, 0.29) is 29.3 Å².